The summed E-state index contributed by atoms with van der Waals surface area (Å²) < 4.78 is 5.64. The van der Waals surface area contributed by atoms with Gasteiger partial charge in [-0.25, -0.2) is 0 Å². The number of nitrogens with one attached hydrogen (secondary N) is 1. The van der Waals surface area contributed by atoms with Crippen molar-refractivity contribution in [1.29, 1.82) is 0 Å². The molecule has 0 unspecified atom stereocenters. The average molecular weight is 401 g/mol. The van der Waals surface area contributed by atoms with Crippen LogP contribution < -0.4 is 10.1 Å². The van der Waals surface area contributed by atoms with Crippen molar-refractivity contribution in [3.05, 3.63) is 94.7 Å². The summed E-state index contributed by atoms with van der Waals surface area (Å²) in [5.41, 5.74) is 0.966. The van der Waals surface area contributed by atoms with Gasteiger partial charge in [-0.15, -0.1) is 0 Å². The molecule has 0 fully saturated rings. The lowest BCUT2D eigenvalue weighted by Gasteiger charge is -2.10. The standard InChI is InChI=1S/C22H15N3O5/c26-21-19(12-3-14-2-1-13-23-20(14)21)22(27)24-15-4-8-17(9-5-15)30-18-10-6-16(7-11-18)25(28)29/h1-13,26H,(H,24,27). The number of carbonyl (C=O) groups is 1. The van der Waals surface area contributed by atoms with Gasteiger partial charge in [0.15, 0.2) is 5.75 Å². The molecule has 148 valence electrons. The summed E-state index contributed by atoms with van der Waals surface area (Å²) in [4.78, 5) is 26.9. The van der Waals surface area contributed by atoms with Crippen molar-refractivity contribution in [2.75, 3.05) is 5.32 Å². The maximum Gasteiger partial charge on any atom is 0.269 e. The topological polar surface area (TPSA) is 115 Å². The van der Waals surface area contributed by atoms with Gasteiger partial charge in [0.1, 0.15) is 17.0 Å². The van der Waals surface area contributed by atoms with E-state index in [1.54, 1.807) is 54.7 Å². The van der Waals surface area contributed by atoms with E-state index in [4.69, 9.17) is 4.74 Å². The number of fused-ring (bicyclic) bond motifs is 1. The highest BCUT2D eigenvalue weighted by Gasteiger charge is 2.15. The molecule has 0 bridgehead atoms. The minimum Gasteiger partial charge on any atom is -0.505 e. The molecule has 0 aliphatic rings. The van der Waals surface area contributed by atoms with Crippen LogP contribution in [0.1, 0.15) is 10.4 Å². The SMILES string of the molecule is O=C(Nc1ccc(Oc2ccc([N+](=O)[O-])cc2)cc1)c1ccc2cccnc2c1O. The van der Waals surface area contributed by atoms with Gasteiger partial charge in [0.2, 0.25) is 0 Å². The van der Waals surface area contributed by atoms with Crippen LogP contribution in [0.4, 0.5) is 11.4 Å². The van der Waals surface area contributed by atoms with Gasteiger partial charge in [-0.1, -0.05) is 12.1 Å². The van der Waals surface area contributed by atoms with Crippen molar-refractivity contribution >= 4 is 28.2 Å². The lowest BCUT2D eigenvalue weighted by molar-refractivity contribution is -0.384. The molecule has 8 nitrogen and oxygen atoms in total. The van der Waals surface area contributed by atoms with Crippen LogP contribution in [0.25, 0.3) is 10.9 Å². The Morgan fingerprint density at radius 1 is 0.967 bits per heavy atom. The molecular weight excluding hydrogens is 386 g/mol. The molecule has 4 aromatic rings. The molecular formula is C22H15N3O5. The van der Waals surface area contributed by atoms with Crippen molar-refractivity contribution in [1.82, 2.24) is 4.98 Å². The number of ether oxygens (including phenoxy) is 1. The lowest BCUT2D eigenvalue weighted by atomic mass is 10.1. The number of nitrogens with zero attached hydrogens (tertiary/aromatic N) is 2. The molecule has 1 amide bonds. The molecule has 8 heteroatoms. The number of aromatic nitrogens is 1. The molecule has 1 heterocycles. The van der Waals surface area contributed by atoms with Gasteiger partial charge in [-0.2, -0.15) is 0 Å². The Morgan fingerprint density at radius 2 is 1.63 bits per heavy atom. The minimum atomic E-state index is -0.481. The number of nitro groups is 1. The molecule has 0 spiro atoms. The second-order valence-corrected chi connectivity index (χ2v) is 6.37. The van der Waals surface area contributed by atoms with Crippen molar-refractivity contribution in [3.8, 4) is 17.2 Å². The number of hydrogen-bond donors (Lipinski definition) is 2. The highest BCUT2D eigenvalue weighted by molar-refractivity contribution is 6.09. The fraction of sp³-hybridized carbons (Fsp3) is 0. The maximum atomic E-state index is 12.6. The fourth-order valence-electron chi connectivity index (χ4n) is 2.89. The minimum absolute atomic E-state index is 0.0208. The highest BCUT2D eigenvalue weighted by Crippen LogP contribution is 2.28. The average Bonchev–Trinajstić information content (AvgIpc) is 2.76. The molecule has 0 aliphatic heterocycles. The van der Waals surface area contributed by atoms with E-state index in [1.165, 1.54) is 24.3 Å². The van der Waals surface area contributed by atoms with Crippen LogP contribution in [-0.2, 0) is 0 Å². The summed E-state index contributed by atoms with van der Waals surface area (Å²) in [6, 6.07) is 19.1. The summed E-state index contributed by atoms with van der Waals surface area (Å²) in [7, 11) is 0. The quantitative estimate of drug-likeness (QED) is 0.363. The van der Waals surface area contributed by atoms with E-state index >= 15 is 0 Å². The molecule has 1 aromatic heterocycles. The summed E-state index contributed by atoms with van der Waals surface area (Å²) in [5, 5.41) is 24.5. The number of pyridine rings is 1. The Bertz CT molecular complexity index is 1240. The third kappa shape index (κ3) is 3.88. The van der Waals surface area contributed by atoms with E-state index in [1.807, 2.05) is 0 Å². The monoisotopic (exact) mass is 401 g/mol. The maximum absolute atomic E-state index is 12.6. The number of benzene rings is 3. The Balaban J connectivity index is 1.46. The first-order chi connectivity index (χ1) is 14.5. The molecule has 2 N–H and O–H groups in total. The zero-order valence-electron chi connectivity index (χ0n) is 15.5. The van der Waals surface area contributed by atoms with Crippen molar-refractivity contribution in [2.45, 2.75) is 0 Å². The zero-order chi connectivity index (χ0) is 21.1. The van der Waals surface area contributed by atoms with Crippen LogP contribution in [0.3, 0.4) is 0 Å². The zero-order valence-corrected chi connectivity index (χ0v) is 15.5. The second kappa shape index (κ2) is 7.88. The molecule has 3 aromatic carbocycles. The third-order valence-electron chi connectivity index (χ3n) is 4.39. The number of non-ortho nitro benzene ring substituents is 1. The Morgan fingerprint density at radius 3 is 2.30 bits per heavy atom. The number of rotatable bonds is 5. The first-order valence-electron chi connectivity index (χ1n) is 8.92. The van der Waals surface area contributed by atoms with Crippen molar-refractivity contribution in [3.63, 3.8) is 0 Å². The number of hydrogen-bond acceptors (Lipinski definition) is 6. The molecule has 0 atom stereocenters. The van der Waals surface area contributed by atoms with Crippen LogP contribution >= 0.6 is 0 Å². The molecule has 0 radical (unpaired) electrons. The number of phenols is 1. The van der Waals surface area contributed by atoms with Crippen LogP contribution in [0.2, 0.25) is 0 Å². The molecule has 4 rings (SSSR count). The number of phenolic OH excluding ortho intramolecular Hbond substituents is 1. The van der Waals surface area contributed by atoms with Gasteiger partial charge >= 0.3 is 0 Å². The predicted molar refractivity (Wildman–Crippen MR) is 111 cm³/mol. The summed E-state index contributed by atoms with van der Waals surface area (Å²) in [6.45, 7) is 0. The number of amides is 1. The van der Waals surface area contributed by atoms with Gasteiger partial charge < -0.3 is 15.2 Å². The third-order valence-corrected chi connectivity index (χ3v) is 4.39. The Labute approximate surface area is 170 Å². The van der Waals surface area contributed by atoms with Gasteiger partial charge in [-0.3, -0.25) is 19.9 Å². The van der Waals surface area contributed by atoms with E-state index in [0.29, 0.717) is 22.7 Å². The second-order valence-electron chi connectivity index (χ2n) is 6.37. The van der Waals surface area contributed by atoms with Crippen molar-refractivity contribution < 1.29 is 19.6 Å². The lowest BCUT2D eigenvalue weighted by Crippen LogP contribution is -2.12. The predicted octanol–water partition coefficient (Wildman–Crippen LogP) is 4.89. The van der Waals surface area contributed by atoms with E-state index < -0.39 is 10.8 Å². The highest BCUT2D eigenvalue weighted by atomic mass is 16.6. The van der Waals surface area contributed by atoms with E-state index in [9.17, 15) is 20.0 Å². The molecule has 30 heavy (non-hydrogen) atoms. The largest absolute Gasteiger partial charge is 0.505 e. The first-order valence-corrected chi connectivity index (χ1v) is 8.92. The van der Waals surface area contributed by atoms with Gasteiger partial charge in [0, 0.05) is 29.4 Å². The van der Waals surface area contributed by atoms with E-state index in [-0.39, 0.29) is 17.0 Å². The van der Waals surface area contributed by atoms with Gasteiger partial charge in [0.25, 0.3) is 11.6 Å². The normalized spacial score (nSPS) is 10.5. The number of anilines is 1. The van der Waals surface area contributed by atoms with Gasteiger partial charge in [0.05, 0.1) is 10.5 Å². The molecule has 0 saturated heterocycles. The fourth-order valence-corrected chi connectivity index (χ4v) is 2.89. The number of nitro benzene ring substituents is 1. The first kappa shape index (κ1) is 18.9. The van der Waals surface area contributed by atoms with Crippen LogP contribution in [0.15, 0.2) is 79.0 Å². The molecule has 0 saturated carbocycles. The Kier molecular flexibility index (Phi) is 4.96. The van der Waals surface area contributed by atoms with E-state index in [0.717, 1.165) is 5.39 Å². The van der Waals surface area contributed by atoms with E-state index in [2.05, 4.69) is 10.3 Å². The summed E-state index contributed by atoms with van der Waals surface area (Å²) in [5.74, 6) is 0.304. The van der Waals surface area contributed by atoms with Gasteiger partial charge in [-0.05, 0) is 48.5 Å². The van der Waals surface area contributed by atoms with Crippen LogP contribution in [-0.4, -0.2) is 20.9 Å². The number of carbonyl (C=O) groups excluding carboxylic acids is 1. The Hall–Kier alpha value is -4.46. The van der Waals surface area contributed by atoms with Crippen LogP contribution in [0, 0.1) is 10.1 Å². The summed E-state index contributed by atoms with van der Waals surface area (Å²) in [6.07, 6.45) is 1.55. The van der Waals surface area contributed by atoms with Crippen LogP contribution in [0.5, 0.6) is 17.2 Å². The number of aromatic hydroxyl groups is 1. The summed E-state index contributed by atoms with van der Waals surface area (Å²) >= 11 is 0. The van der Waals surface area contributed by atoms with Crippen molar-refractivity contribution in [2.24, 2.45) is 0 Å². The smallest absolute Gasteiger partial charge is 0.269 e. The molecule has 0 aliphatic carbocycles.